The number of hydrogen-bond donors (Lipinski definition) is 1. The van der Waals surface area contributed by atoms with E-state index in [1.807, 2.05) is 4.90 Å². The van der Waals surface area contributed by atoms with E-state index in [4.69, 9.17) is 0 Å². The maximum atomic E-state index is 12.6. The molecule has 1 aliphatic rings. The van der Waals surface area contributed by atoms with E-state index in [2.05, 4.69) is 53.6 Å². The first kappa shape index (κ1) is 19.5. The maximum absolute atomic E-state index is 12.6. The van der Waals surface area contributed by atoms with Crippen LogP contribution in [0.3, 0.4) is 0 Å². The van der Waals surface area contributed by atoms with Crippen LogP contribution in [0.4, 0.5) is 5.13 Å². The molecule has 2 amide bonds. The summed E-state index contributed by atoms with van der Waals surface area (Å²) < 4.78 is 0. The van der Waals surface area contributed by atoms with Gasteiger partial charge in [0.15, 0.2) is 0 Å². The van der Waals surface area contributed by atoms with E-state index >= 15 is 0 Å². The molecule has 0 aliphatic carbocycles. The van der Waals surface area contributed by atoms with Crippen LogP contribution in [0.5, 0.6) is 0 Å². The second-order valence-electron chi connectivity index (χ2n) is 7.48. The minimum atomic E-state index is -0.0757. The lowest BCUT2D eigenvalue weighted by Crippen LogP contribution is -2.42. The molecular weight excluding hydrogens is 360 g/mol. The Kier molecular flexibility index (Phi) is 6.55. The fraction of sp³-hybridized carbons (Fsp3) is 0.500. The number of likely N-dealkylation sites (tertiary alicyclic amines) is 1. The Hall–Kier alpha value is -2.28. The molecule has 1 saturated heterocycles. The third-order valence-electron chi connectivity index (χ3n) is 4.83. The number of rotatable bonds is 6. The van der Waals surface area contributed by atoms with Gasteiger partial charge in [-0.2, -0.15) is 0 Å². The van der Waals surface area contributed by atoms with Crippen LogP contribution >= 0.6 is 11.3 Å². The van der Waals surface area contributed by atoms with Crippen LogP contribution in [0.2, 0.25) is 0 Å². The molecular formula is C20H26N4O2S. The number of aromatic nitrogens is 2. The number of nitrogens with zero attached hydrogens (tertiary/aromatic N) is 3. The number of nitrogens with one attached hydrogen (secondary N) is 1. The number of carbonyl (C=O) groups excluding carboxylic acids is 2. The van der Waals surface area contributed by atoms with Gasteiger partial charge in [0.25, 0.3) is 0 Å². The Morgan fingerprint density at radius 1 is 1.19 bits per heavy atom. The Balaban J connectivity index is 1.46. The molecule has 2 heterocycles. The normalized spacial score (nSPS) is 15.1. The van der Waals surface area contributed by atoms with Crippen molar-refractivity contribution in [2.75, 3.05) is 18.4 Å². The number of anilines is 1. The van der Waals surface area contributed by atoms with Gasteiger partial charge in [-0.3, -0.25) is 9.59 Å². The van der Waals surface area contributed by atoms with Crippen molar-refractivity contribution in [3.05, 3.63) is 40.9 Å². The summed E-state index contributed by atoms with van der Waals surface area (Å²) in [5.41, 5.74) is 3.94. The van der Waals surface area contributed by atoms with Gasteiger partial charge in [-0.15, -0.1) is 10.2 Å². The van der Waals surface area contributed by atoms with Crippen molar-refractivity contribution in [2.24, 2.45) is 11.8 Å². The van der Waals surface area contributed by atoms with Crippen LogP contribution < -0.4 is 5.32 Å². The van der Waals surface area contributed by atoms with E-state index < -0.39 is 0 Å². The molecule has 1 aromatic carbocycles. The zero-order valence-electron chi connectivity index (χ0n) is 15.9. The van der Waals surface area contributed by atoms with Gasteiger partial charge in [0.05, 0.1) is 6.42 Å². The van der Waals surface area contributed by atoms with Crippen LogP contribution in [0.15, 0.2) is 29.8 Å². The summed E-state index contributed by atoms with van der Waals surface area (Å²) in [6.07, 6.45) is 2.85. The van der Waals surface area contributed by atoms with E-state index in [0.717, 1.165) is 12.0 Å². The molecule has 1 aromatic heterocycles. The Bertz CT molecular complexity index is 751. The van der Waals surface area contributed by atoms with Crippen molar-refractivity contribution in [1.29, 1.82) is 0 Å². The zero-order chi connectivity index (χ0) is 19.2. The summed E-state index contributed by atoms with van der Waals surface area (Å²) in [4.78, 5) is 26.7. The lowest BCUT2D eigenvalue weighted by Gasteiger charge is -2.31. The second-order valence-corrected chi connectivity index (χ2v) is 8.31. The monoisotopic (exact) mass is 386 g/mol. The van der Waals surface area contributed by atoms with Crippen LogP contribution in [0, 0.1) is 11.8 Å². The zero-order valence-corrected chi connectivity index (χ0v) is 16.7. The predicted octanol–water partition coefficient (Wildman–Crippen LogP) is 3.16. The highest BCUT2D eigenvalue weighted by atomic mass is 32.1. The summed E-state index contributed by atoms with van der Waals surface area (Å²) >= 11 is 1.31. The average molecular weight is 387 g/mol. The third kappa shape index (κ3) is 5.60. The highest BCUT2D eigenvalue weighted by Crippen LogP contribution is 2.21. The molecule has 1 N–H and O–H groups in total. The summed E-state index contributed by atoms with van der Waals surface area (Å²) in [7, 11) is 0. The Labute approximate surface area is 164 Å². The van der Waals surface area contributed by atoms with Crippen molar-refractivity contribution in [3.8, 4) is 0 Å². The largest absolute Gasteiger partial charge is 0.342 e. The first-order chi connectivity index (χ1) is 13.0. The fourth-order valence-electron chi connectivity index (χ4n) is 3.38. The molecule has 0 unspecified atom stereocenters. The Morgan fingerprint density at radius 3 is 2.44 bits per heavy atom. The van der Waals surface area contributed by atoms with Gasteiger partial charge >= 0.3 is 0 Å². The van der Waals surface area contributed by atoms with E-state index in [0.29, 0.717) is 43.4 Å². The molecule has 3 rings (SSSR count). The highest BCUT2D eigenvalue weighted by molar-refractivity contribution is 7.13. The summed E-state index contributed by atoms with van der Waals surface area (Å²) in [5, 5.41) is 10.9. The molecule has 2 aromatic rings. The molecule has 0 atom stereocenters. The molecule has 7 heteroatoms. The first-order valence-corrected chi connectivity index (χ1v) is 10.3. The Morgan fingerprint density at radius 2 is 1.85 bits per heavy atom. The fourth-order valence-corrected chi connectivity index (χ4v) is 3.83. The van der Waals surface area contributed by atoms with E-state index in [1.54, 1.807) is 5.51 Å². The standard InChI is InChI=1S/C20H26N4O2S/c1-14(2)11-15-3-5-16(6-4-15)12-18(25)24-9-7-17(8-10-24)19(26)22-20-23-21-13-27-20/h3-6,13-14,17H,7-12H2,1-2H3,(H,22,23,26). The smallest absolute Gasteiger partial charge is 0.229 e. The van der Waals surface area contributed by atoms with Crippen LogP contribution in [0.1, 0.15) is 37.8 Å². The van der Waals surface area contributed by atoms with Crippen molar-refractivity contribution in [3.63, 3.8) is 0 Å². The van der Waals surface area contributed by atoms with Crippen LogP contribution in [-0.4, -0.2) is 40.0 Å². The minimum Gasteiger partial charge on any atom is -0.342 e. The number of piperidine rings is 1. The molecule has 1 fully saturated rings. The summed E-state index contributed by atoms with van der Waals surface area (Å²) in [6, 6.07) is 8.34. The van der Waals surface area contributed by atoms with Crippen LogP contribution in [-0.2, 0) is 22.4 Å². The van der Waals surface area contributed by atoms with Gasteiger partial charge in [0.2, 0.25) is 16.9 Å². The molecule has 27 heavy (non-hydrogen) atoms. The number of benzene rings is 1. The van der Waals surface area contributed by atoms with Gasteiger partial charge in [-0.25, -0.2) is 0 Å². The number of hydrogen-bond acceptors (Lipinski definition) is 5. The quantitative estimate of drug-likeness (QED) is 0.827. The van der Waals surface area contributed by atoms with E-state index in [-0.39, 0.29) is 17.7 Å². The van der Waals surface area contributed by atoms with Gasteiger partial charge in [-0.05, 0) is 36.3 Å². The van der Waals surface area contributed by atoms with Crippen molar-refractivity contribution in [2.45, 2.75) is 39.5 Å². The molecule has 6 nitrogen and oxygen atoms in total. The predicted molar refractivity (Wildman–Crippen MR) is 107 cm³/mol. The molecule has 144 valence electrons. The molecule has 0 bridgehead atoms. The van der Waals surface area contributed by atoms with Gasteiger partial charge < -0.3 is 10.2 Å². The summed E-state index contributed by atoms with van der Waals surface area (Å²) in [5.74, 6) is 0.658. The molecule has 0 radical (unpaired) electrons. The van der Waals surface area contributed by atoms with Gasteiger partial charge in [0, 0.05) is 19.0 Å². The SMILES string of the molecule is CC(C)Cc1ccc(CC(=O)N2CCC(C(=O)Nc3nncs3)CC2)cc1. The van der Waals surface area contributed by atoms with E-state index in [9.17, 15) is 9.59 Å². The average Bonchev–Trinajstić information content (AvgIpc) is 3.16. The third-order valence-corrected chi connectivity index (χ3v) is 5.44. The summed E-state index contributed by atoms with van der Waals surface area (Å²) in [6.45, 7) is 5.65. The molecule has 0 spiro atoms. The second kappa shape index (κ2) is 9.08. The topological polar surface area (TPSA) is 75.2 Å². The van der Waals surface area contributed by atoms with Crippen molar-refractivity contribution >= 4 is 28.3 Å². The highest BCUT2D eigenvalue weighted by Gasteiger charge is 2.27. The van der Waals surface area contributed by atoms with Crippen molar-refractivity contribution in [1.82, 2.24) is 15.1 Å². The molecule has 1 aliphatic heterocycles. The first-order valence-electron chi connectivity index (χ1n) is 9.44. The van der Waals surface area contributed by atoms with Gasteiger partial charge in [0.1, 0.15) is 5.51 Å². The molecule has 0 saturated carbocycles. The van der Waals surface area contributed by atoms with Gasteiger partial charge in [-0.1, -0.05) is 49.4 Å². The maximum Gasteiger partial charge on any atom is 0.229 e. The van der Waals surface area contributed by atoms with Crippen LogP contribution in [0.25, 0.3) is 0 Å². The number of carbonyl (C=O) groups is 2. The lowest BCUT2D eigenvalue weighted by molar-refractivity contribution is -0.133. The lowest BCUT2D eigenvalue weighted by atomic mass is 9.95. The number of amides is 2. The van der Waals surface area contributed by atoms with Crippen molar-refractivity contribution < 1.29 is 9.59 Å². The minimum absolute atomic E-state index is 0.0282. The van der Waals surface area contributed by atoms with E-state index in [1.165, 1.54) is 16.9 Å².